The van der Waals surface area contributed by atoms with E-state index >= 15 is 0 Å². The van der Waals surface area contributed by atoms with Crippen LogP contribution < -0.4 is 10.1 Å². The molecule has 1 N–H and O–H groups in total. The smallest absolute Gasteiger partial charge is 0.426 e. The minimum Gasteiger partial charge on any atom is -0.495 e. The van der Waals surface area contributed by atoms with Crippen LogP contribution in [0.15, 0.2) is 54.6 Å². The van der Waals surface area contributed by atoms with E-state index in [-0.39, 0.29) is 6.61 Å². The van der Waals surface area contributed by atoms with E-state index in [0.717, 1.165) is 15.7 Å². The molecule has 122 valence electrons. The molecule has 0 aliphatic heterocycles. The summed E-state index contributed by atoms with van der Waals surface area (Å²) in [6, 6.07) is 16.8. The van der Waals surface area contributed by atoms with E-state index < -0.39 is 12.3 Å². The molecule has 0 heterocycles. The Kier molecular flexibility index (Phi) is 6.11. The SMILES string of the molecule is COc1ccccc1NC(C)N(Cl)C(=O)OCc1ccccc1. The highest BCUT2D eigenvalue weighted by Gasteiger charge is 2.20. The largest absolute Gasteiger partial charge is 0.495 e. The minimum absolute atomic E-state index is 0.171. The second kappa shape index (κ2) is 8.29. The molecule has 0 saturated carbocycles. The molecule has 23 heavy (non-hydrogen) atoms. The van der Waals surface area contributed by atoms with Crippen molar-refractivity contribution in [3.8, 4) is 5.75 Å². The average molecular weight is 335 g/mol. The van der Waals surface area contributed by atoms with Crippen LogP contribution in [0.25, 0.3) is 0 Å². The first kappa shape index (κ1) is 17.0. The number of rotatable bonds is 6. The highest BCUT2D eigenvalue weighted by molar-refractivity contribution is 6.20. The molecule has 1 unspecified atom stereocenters. The van der Waals surface area contributed by atoms with E-state index in [1.54, 1.807) is 14.0 Å². The molecular formula is C17H19ClN2O3. The maximum atomic E-state index is 12.0. The van der Waals surface area contributed by atoms with Gasteiger partial charge in [-0.15, -0.1) is 0 Å². The number of benzene rings is 2. The van der Waals surface area contributed by atoms with E-state index in [4.69, 9.17) is 21.3 Å². The maximum Gasteiger partial charge on any atom is 0.426 e. The minimum atomic E-state index is -0.620. The Morgan fingerprint density at radius 3 is 2.52 bits per heavy atom. The van der Waals surface area contributed by atoms with Gasteiger partial charge in [0.2, 0.25) is 0 Å². The Bertz CT molecular complexity index is 637. The zero-order valence-electron chi connectivity index (χ0n) is 13.0. The summed E-state index contributed by atoms with van der Waals surface area (Å²) in [6.45, 7) is 1.92. The fourth-order valence-corrected chi connectivity index (χ4v) is 2.08. The molecule has 0 bridgehead atoms. The van der Waals surface area contributed by atoms with Crippen LogP contribution in [-0.4, -0.2) is 23.8 Å². The van der Waals surface area contributed by atoms with E-state index in [1.807, 2.05) is 54.6 Å². The molecule has 1 atom stereocenters. The predicted molar refractivity (Wildman–Crippen MR) is 90.4 cm³/mol. The summed E-state index contributed by atoms with van der Waals surface area (Å²) in [6.07, 6.45) is -1.10. The number of halogens is 1. The summed E-state index contributed by atoms with van der Waals surface area (Å²) in [5.41, 5.74) is 1.64. The Hall–Kier alpha value is -2.40. The van der Waals surface area contributed by atoms with Gasteiger partial charge < -0.3 is 14.8 Å². The lowest BCUT2D eigenvalue weighted by Crippen LogP contribution is -2.36. The molecule has 1 amide bonds. The van der Waals surface area contributed by atoms with Gasteiger partial charge in [0.15, 0.2) is 0 Å². The first-order valence-electron chi connectivity index (χ1n) is 7.17. The average Bonchev–Trinajstić information content (AvgIpc) is 2.60. The Labute approximate surface area is 140 Å². The molecule has 6 heteroatoms. The van der Waals surface area contributed by atoms with Crippen LogP contribution in [0.5, 0.6) is 5.75 Å². The first-order valence-corrected chi connectivity index (χ1v) is 7.51. The van der Waals surface area contributed by atoms with E-state index in [9.17, 15) is 4.79 Å². The summed E-state index contributed by atoms with van der Waals surface area (Å²) in [4.78, 5) is 12.0. The van der Waals surface area contributed by atoms with Crippen LogP contribution in [0.2, 0.25) is 0 Å². The second-order valence-electron chi connectivity index (χ2n) is 4.87. The monoisotopic (exact) mass is 334 g/mol. The summed E-state index contributed by atoms with van der Waals surface area (Å²) in [5.74, 6) is 0.669. The number of anilines is 1. The zero-order valence-corrected chi connectivity index (χ0v) is 13.8. The van der Waals surface area contributed by atoms with Gasteiger partial charge in [0.25, 0.3) is 0 Å². The lowest BCUT2D eigenvalue weighted by Gasteiger charge is -2.24. The third-order valence-electron chi connectivity index (χ3n) is 3.19. The number of nitrogens with one attached hydrogen (secondary N) is 1. The van der Waals surface area contributed by atoms with Crippen molar-refractivity contribution < 1.29 is 14.3 Å². The normalized spacial score (nSPS) is 11.4. The molecule has 2 rings (SSSR count). The van der Waals surface area contributed by atoms with Gasteiger partial charge in [-0.05, 0) is 24.6 Å². The molecule has 2 aromatic carbocycles. The highest BCUT2D eigenvalue weighted by Crippen LogP contribution is 2.24. The van der Waals surface area contributed by atoms with Crippen LogP contribution in [0.1, 0.15) is 12.5 Å². The summed E-state index contributed by atoms with van der Waals surface area (Å²) >= 11 is 6.05. The molecule has 2 aromatic rings. The van der Waals surface area contributed by atoms with Crippen LogP contribution in [0, 0.1) is 0 Å². The third-order valence-corrected chi connectivity index (χ3v) is 3.62. The number of hydrogen-bond acceptors (Lipinski definition) is 4. The fourth-order valence-electron chi connectivity index (χ4n) is 1.98. The van der Waals surface area contributed by atoms with Crippen molar-refractivity contribution in [2.75, 3.05) is 12.4 Å². The number of carbonyl (C=O) groups excluding carboxylic acids is 1. The number of para-hydroxylation sites is 2. The predicted octanol–water partition coefficient (Wildman–Crippen LogP) is 4.25. The number of carbonyl (C=O) groups is 1. The molecule has 0 saturated heterocycles. The third kappa shape index (κ3) is 4.79. The lowest BCUT2D eigenvalue weighted by molar-refractivity contribution is 0.114. The van der Waals surface area contributed by atoms with E-state index in [0.29, 0.717) is 5.75 Å². The van der Waals surface area contributed by atoms with E-state index in [2.05, 4.69) is 5.32 Å². The summed E-state index contributed by atoms with van der Waals surface area (Å²) < 4.78 is 11.4. The molecule has 0 aliphatic rings. The first-order chi connectivity index (χ1) is 11.1. The van der Waals surface area contributed by atoms with Crippen LogP contribution in [0.3, 0.4) is 0 Å². The van der Waals surface area contributed by atoms with Crippen molar-refractivity contribution in [1.29, 1.82) is 0 Å². The fraction of sp³-hybridized carbons (Fsp3) is 0.235. The molecular weight excluding hydrogens is 316 g/mol. The highest BCUT2D eigenvalue weighted by atomic mass is 35.5. The summed E-state index contributed by atoms with van der Waals surface area (Å²) in [7, 11) is 1.58. The quantitative estimate of drug-likeness (QED) is 0.634. The topological polar surface area (TPSA) is 50.8 Å². The van der Waals surface area contributed by atoms with Gasteiger partial charge in [-0.25, -0.2) is 4.79 Å². The van der Waals surface area contributed by atoms with Gasteiger partial charge in [0.05, 0.1) is 12.8 Å². The standard InChI is InChI=1S/C17H19ClN2O3/c1-13(19-15-10-6-7-11-16(15)22-2)20(18)17(21)23-12-14-8-4-3-5-9-14/h3-11,13,19H,12H2,1-2H3. The maximum absolute atomic E-state index is 12.0. The van der Waals surface area contributed by atoms with Gasteiger partial charge in [-0.1, -0.05) is 42.5 Å². The van der Waals surface area contributed by atoms with Gasteiger partial charge >= 0.3 is 6.09 Å². The number of amides is 1. The number of methoxy groups -OCH3 is 1. The second-order valence-corrected chi connectivity index (χ2v) is 5.24. The number of nitrogens with zero attached hydrogens (tertiary/aromatic N) is 1. The zero-order chi connectivity index (χ0) is 16.7. The molecule has 0 radical (unpaired) electrons. The number of hydrogen-bond donors (Lipinski definition) is 1. The van der Waals surface area contributed by atoms with Crippen LogP contribution >= 0.6 is 11.8 Å². The van der Waals surface area contributed by atoms with Crippen molar-refractivity contribution >= 4 is 23.6 Å². The van der Waals surface area contributed by atoms with Crippen LogP contribution in [0.4, 0.5) is 10.5 Å². The molecule has 0 fully saturated rings. The van der Waals surface area contributed by atoms with Crippen molar-refractivity contribution in [2.45, 2.75) is 19.7 Å². The van der Waals surface area contributed by atoms with Crippen molar-refractivity contribution in [1.82, 2.24) is 4.42 Å². The van der Waals surface area contributed by atoms with Crippen molar-refractivity contribution in [3.05, 3.63) is 60.2 Å². The Morgan fingerprint density at radius 1 is 1.17 bits per heavy atom. The lowest BCUT2D eigenvalue weighted by atomic mass is 10.2. The van der Waals surface area contributed by atoms with Gasteiger partial charge in [-0.3, -0.25) is 0 Å². The number of ether oxygens (including phenoxy) is 2. The van der Waals surface area contributed by atoms with Crippen molar-refractivity contribution in [3.63, 3.8) is 0 Å². The van der Waals surface area contributed by atoms with Crippen LogP contribution in [-0.2, 0) is 11.3 Å². The molecule has 0 aromatic heterocycles. The Morgan fingerprint density at radius 2 is 1.83 bits per heavy atom. The molecule has 0 aliphatic carbocycles. The summed E-state index contributed by atoms with van der Waals surface area (Å²) in [5, 5.41) is 3.11. The Balaban J connectivity index is 1.90. The molecule has 5 nitrogen and oxygen atoms in total. The van der Waals surface area contributed by atoms with Gasteiger partial charge in [0, 0.05) is 11.8 Å². The van der Waals surface area contributed by atoms with Gasteiger partial charge in [-0.2, -0.15) is 4.42 Å². The molecule has 0 spiro atoms. The van der Waals surface area contributed by atoms with Crippen molar-refractivity contribution in [2.24, 2.45) is 0 Å². The van der Waals surface area contributed by atoms with Gasteiger partial charge in [0.1, 0.15) is 18.5 Å². The van der Waals surface area contributed by atoms with E-state index in [1.165, 1.54) is 0 Å².